The van der Waals surface area contributed by atoms with Crippen LogP contribution in [0.4, 0.5) is 11.4 Å². The van der Waals surface area contributed by atoms with E-state index in [1.807, 2.05) is 18.2 Å². The fourth-order valence-corrected chi connectivity index (χ4v) is 2.54. The Morgan fingerprint density at radius 2 is 1.95 bits per heavy atom. The summed E-state index contributed by atoms with van der Waals surface area (Å²) >= 11 is 0. The van der Waals surface area contributed by atoms with Gasteiger partial charge in [-0.1, -0.05) is 0 Å². The number of carbonyl (C=O) groups excluding carboxylic acids is 1. The molecule has 2 aromatic rings. The molecule has 0 atom stereocenters. The highest BCUT2D eigenvalue weighted by Gasteiger charge is 2.13. The maximum atomic E-state index is 11.7. The van der Waals surface area contributed by atoms with E-state index in [4.69, 9.17) is 15.2 Å². The number of benzene rings is 2. The van der Waals surface area contributed by atoms with Gasteiger partial charge in [-0.05, 0) is 54.8 Å². The Hall–Kier alpha value is -2.69. The Bertz CT molecular complexity index is 713. The van der Waals surface area contributed by atoms with Gasteiger partial charge in [-0.3, -0.25) is 0 Å². The maximum absolute atomic E-state index is 11.7. The summed E-state index contributed by atoms with van der Waals surface area (Å²) in [5, 5.41) is 3.36. The fraction of sp³-hybridized carbons (Fsp3) is 0.235. The minimum atomic E-state index is -0.474. The molecule has 3 rings (SSSR count). The van der Waals surface area contributed by atoms with Crippen LogP contribution in [0, 0.1) is 0 Å². The Morgan fingerprint density at radius 3 is 2.77 bits per heavy atom. The first-order valence-corrected chi connectivity index (χ1v) is 7.20. The van der Waals surface area contributed by atoms with Gasteiger partial charge in [0.1, 0.15) is 11.5 Å². The number of carbonyl (C=O) groups is 1. The molecule has 2 aromatic carbocycles. The number of rotatable bonds is 3. The van der Waals surface area contributed by atoms with Crippen molar-refractivity contribution in [1.29, 1.82) is 0 Å². The van der Waals surface area contributed by atoms with Crippen LogP contribution in [0.15, 0.2) is 36.4 Å². The number of nitrogens with two attached hydrogens (primary N) is 1. The van der Waals surface area contributed by atoms with E-state index >= 15 is 0 Å². The van der Waals surface area contributed by atoms with Crippen LogP contribution in [-0.4, -0.2) is 19.6 Å². The van der Waals surface area contributed by atoms with E-state index in [2.05, 4.69) is 5.32 Å². The third-order valence-electron chi connectivity index (χ3n) is 3.68. The van der Waals surface area contributed by atoms with Crippen molar-refractivity contribution in [3.8, 4) is 11.5 Å². The molecule has 0 radical (unpaired) electrons. The van der Waals surface area contributed by atoms with E-state index in [-0.39, 0.29) is 0 Å². The van der Waals surface area contributed by atoms with Gasteiger partial charge < -0.3 is 20.5 Å². The highest BCUT2D eigenvalue weighted by molar-refractivity contribution is 5.95. The van der Waals surface area contributed by atoms with Crippen molar-refractivity contribution >= 4 is 17.3 Å². The van der Waals surface area contributed by atoms with Crippen molar-refractivity contribution in [2.75, 3.05) is 24.7 Å². The molecule has 0 fully saturated rings. The first-order chi connectivity index (χ1) is 10.7. The highest BCUT2D eigenvalue weighted by Crippen LogP contribution is 2.30. The predicted octanol–water partition coefficient (Wildman–Crippen LogP) is 3.21. The van der Waals surface area contributed by atoms with Crippen LogP contribution in [0.1, 0.15) is 22.3 Å². The van der Waals surface area contributed by atoms with Crippen LogP contribution in [0.3, 0.4) is 0 Å². The lowest BCUT2D eigenvalue weighted by Crippen LogP contribution is -2.11. The first kappa shape index (κ1) is 14.3. The quantitative estimate of drug-likeness (QED) is 0.672. The zero-order valence-electron chi connectivity index (χ0n) is 12.4. The largest absolute Gasteiger partial charge is 0.465 e. The summed E-state index contributed by atoms with van der Waals surface area (Å²) in [7, 11) is 1.33. The number of aryl methyl sites for hydroxylation is 1. The number of methoxy groups -OCH3 is 1. The van der Waals surface area contributed by atoms with Crippen LogP contribution in [0.5, 0.6) is 11.5 Å². The molecule has 1 aliphatic rings. The molecule has 0 aliphatic carbocycles. The van der Waals surface area contributed by atoms with Gasteiger partial charge >= 0.3 is 5.97 Å². The summed E-state index contributed by atoms with van der Waals surface area (Å²) in [5.74, 6) is 0.818. The van der Waals surface area contributed by atoms with Crippen LogP contribution in [-0.2, 0) is 11.2 Å². The number of nitrogen functional groups attached to an aromatic ring is 1. The minimum absolute atomic E-state index is 0.305. The number of hydrogen-bond acceptors (Lipinski definition) is 5. The van der Waals surface area contributed by atoms with Crippen molar-refractivity contribution in [2.24, 2.45) is 0 Å². The van der Waals surface area contributed by atoms with Gasteiger partial charge in [-0.25, -0.2) is 4.79 Å². The van der Waals surface area contributed by atoms with Gasteiger partial charge in [0, 0.05) is 17.9 Å². The van der Waals surface area contributed by atoms with Gasteiger partial charge in [-0.2, -0.15) is 0 Å². The zero-order valence-corrected chi connectivity index (χ0v) is 12.4. The summed E-state index contributed by atoms with van der Waals surface area (Å²) in [5.41, 5.74) is 8.86. The molecule has 0 saturated carbocycles. The highest BCUT2D eigenvalue weighted by atomic mass is 16.5. The normalized spacial score (nSPS) is 13.0. The zero-order chi connectivity index (χ0) is 15.5. The van der Waals surface area contributed by atoms with Crippen molar-refractivity contribution in [2.45, 2.75) is 12.8 Å². The standard InChI is InChI=1S/C17H18N2O3/c1-21-17(20)14-10-13(4-6-15(14)18)22-12-5-7-16-11(9-12)3-2-8-19-16/h4-7,9-10,19H,2-3,8,18H2,1H3. The SMILES string of the molecule is COC(=O)c1cc(Oc2ccc3c(c2)CCCN3)ccc1N. The maximum Gasteiger partial charge on any atom is 0.340 e. The Kier molecular flexibility index (Phi) is 3.87. The molecule has 5 nitrogen and oxygen atoms in total. The monoisotopic (exact) mass is 298 g/mol. The predicted molar refractivity (Wildman–Crippen MR) is 85.5 cm³/mol. The van der Waals surface area contributed by atoms with Crippen molar-refractivity contribution in [3.63, 3.8) is 0 Å². The Morgan fingerprint density at radius 1 is 1.18 bits per heavy atom. The van der Waals surface area contributed by atoms with Crippen LogP contribution >= 0.6 is 0 Å². The number of ether oxygens (including phenoxy) is 2. The number of anilines is 2. The lowest BCUT2D eigenvalue weighted by atomic mass is 10.0. The molecule has 0 bridgehead atoms. The topological polar surface area (TPSA) is 73.6 Å². The molecular formula is C17H18N2O3. The molecule has 114 valence electrons. The van der Waals surface area contributed by atoms with E-state index in [0.717, 1.165) is 30.8 Å². The second-order valence-corrected chi connectivity index (χ2v) is 5.19. The Balaban J connectivity index is 1.85. The molecule has 3 N–H and O–H groups in total. The van der Waals surface area contributed by atoms with Gasteiger partial charge in [0.2, 0.25) is 0 Å². The van der Waals surface area contributed by atoms with Crippen LogP contribution in [0.2, 0.25) is 0 Å². The molecule has 1 heterocycles. The molecular weight excluding hydrogens is 280 g/mol. The second-order valence-electron chi connectivity index (χ2n) is 5.19. The van der Waals surface area contributed by atoms with E-state index < -0.39 is 5.97 Å². The van der Waals surface area contributed by atoms with Gasteiger partial charge in [-0.15, -0.1) is 0 Å². The number of hydrogen-bond donors (Lipinski definition) is 2. The molecule has 0 aromatic heterocycles. The minimum Gasteiger partial charge on any atom is -0.465 e. The molecule has 0 saturated heterocycles. The number of esters is 1. The van der Waals surface area contributed by atoms with Crippen LogP contribution in [0.25, 0.3) is 0 Å². The molecule has 5 heteroatoms. The molecule has 0 spiro atoms. The average molecular weight is 298 g/mol. The average Bonchev–Trinajstić information content (AvgIpc) is 2.56. The fourth-order valence-electron chi connectivity index (χ4n) is 2.54. The first-order valence-electron chi connectivity index (χ1n) is 7.20. The second kappa shape index (κ2) is 5.97. The van der Waals surface area contributed by atoms with Crippen molar-refractivity contribution in [3.05, 3.63) is 47.5 Å². The molecule has 22 heavy (non-hydrogen) atoms. The smallest absolute Gasteiger partial charge is 0.340 e. The van der Waals surface area contributed by atoms with E-state index in [1.165, 1.54) is 12.7 Å². The van der Waals surface area contributed by atoms with E-state index in [9.17, 15) is 4.79 Å². The van der Waals surface area contributed by atoms with E-state index in [0.29, 0.717) is 17.0 Å². The lowest BCUT2D eigenvalue weighted by Gasteiger charge is -2.18. The number of nitrogens with one attached hydrogen (secondary N) is 1. The number of fused-ring (bicyclic) bond motifs is 1. The molecule has 0 unspecified atom stereocenters. The van der Waals surface area contributed by atoms with E-state index in [1.54, 1.807) is 18.2 Å². The van der Waals surface area contributed by atoms with Gasteiger partial charge in [0.05, 0.1) is 12.7 Å². The van der Waals surface area contributed by atoms with Crippen molar-refractivity contribution in [1.82, 2.24) is 0 Å². The van der Waals surface area contributed by atoms with Crippen LogP contribution < -0.4 is 15.8 Å². The summed E-state index contributed by atoms with van der Waals surface area (Å²) in [6, 6.07) is 10.9. The summed E-state index contributed by atoms with van der Waals surface area (Å²) in [6.07, 6.45) is 2.15. The third-order valence-corrected chi connectivity index (χ3v) is 3.68. The Labute approximate surface area is 129 Å². The van der Waals surface area contributed by atoms with Crippen molar-refractivity contribution < 1.29 is 14.3 Å². The lowest BCUT2D eigenvalue weighted by molar-refractivity contribution is 0.0601. The van der Waals surface area contributed by atoms with Gasteiger partial charge in [0.15, 0.2) is 0 Å². The molecule has 0 amide bonds. The summed E-state index contributed by atoms with van der Waals surface area (Å²) < 4.78 is 10.6. The third kappa shape index (κ3) is 2.83. The summed E-state index contributed by atoms with van der Waals surface area (Å²) in [6.45, 7) is 1.01. The van der Waals surface area contributed by atoms with Gasteiger partial charge in [0.25, 0.3) is 0 Å². The summed E-state index contributed by atoms with van der Waals surface area (Å²) in [4.78, 5) is 11.7. The molecule has 1 aliphatic heterocycles.